The third-order valence-electron chi connectivity index (χ3n) is 3.83. The van der Waals surface area contributed by atoms with Gasteiger partial charge in [-0.1, -0.05) is 18.2 Å². The van der Waals surface area contributed by atoms with Crippen LogP contribution in [0.2, 0.25) is 0 Å². The topological polar surface area (TPSA) is 61.4 Å². The van der Waals surface area contributed by atoms with Gasteiger partial charge in [0, 0.05) is 18.3 Å². The Balaban J connectivity index is 1.83. The summed E-state index contributed by atoms with van der Waals surface area (Å²) in [5, 5.41) is 4.59. The van der Waals surface area contributed by atoms with E-state index in [1.54, 1.807) is 0 Å². The maximum atomic E-state index is 13.1. The highest BCUT2D eigenvalue weighted by molar-refractivity contribution is 5.94. The number of hydrogen-bond acceptors (Lipinski definition) is 3. The molecule has 0 bridgehead atoms. The summed E-state index contributed by atoms with van der Waals surface area (Å²) in [6.45, 7) is -0.806. The van der Waals surface area contributed by atoms with E-state index in [-0.39, 0.29) is 24.3 Å². The molecule has 10 heteroatoms. The molecular weight excluding hydrogens is 397 g/mol. The van der Waals surface area contributed by atoms with Crippen LogP contribution in [0.3, 0.4) is 0 Å². The van der Waals surface area contributed by atoms with Crippen LogP contribution in [-0.4, -0.2) is 36.9 Å². The van der Waals surface area contributed by atoms with Crippen molar-refractivity contribution in [2.75, 3.05) is 25.5 Å². The normalized spacial score (nSPS) is 11.4. The van der Waals surface area contributed by atoms with Gasteiger partial charge in [0.05, 0.1) is 18.7 Å². The number of rotatable bonds is 7. The van der Waals surface area contributed by atoms with Gasteiger partial charge in [-0.15, -0.1) is 0 Å². The van der Waals surface area contributed by atoms with Gasteiger partial charge in [0.25, 0.3) is 0 Å². The van der Waals surface area contributed by atoms with E-state index in [2.05, 4.69) is 10.6 Å². The molecule has 0 spiro atoms. The number of nitrogens with one attached hydrogen (secondary N) is 2. The average molecular weight is 415 g/mol. The van der Waals surface area contributed by atoms with Crippen LogP contribution in [0.15, 0.2) is 42.5 Å². The van der Waals surface area contributed by atoms with Gasteiger partial charge in [-0.05, 0) is 30.8 Å². The summed E-state index contributed by atoms with van der Waals surface area (Å²) in [7, 11) is 1.47. The number of nitrogens with zero attached hydrogens (tertiary/aromatic N) is 1. The van der Waals surface area contributed by atoms with Crippen LogP contribution < -0.4 is 10.6 Å². The van der Waals surface area contributed by atoms with E-state index in [1.807, 2.05) is 0 Å². The first-order valence-corrected chi connectivity index (χ1v) is 8.41. The van der Waals surface area contributed by atoms with Crippen LogP contribution in [-0.2, 0) is 22.3 Å². The number of carbonyl (C=O) groups excluding carboxylic acids is 2. The zero-order chi connectivity index (χ0) is 21.6. The van der Waals surface area contributed by atoms with E-state index in [0.717, 1.165) is 24.3 Å². The minimum atomic E-state index is -4.50. The Labute approximate surface area is 163 Å². The fourth-order valence-corrected chi connectivity index (χ4v) is 2.54. The lowest BCUT2D eigenvalue weighted by Gasteiger charge is -2.19. The maximum absolute atomic E-state index is 13.1. The second-order valence-electron chi connectivity index (χ2n) is 6.28. The van der Waals surface area contributed by atoms with Gasteiger partial charge in [0.2, 0.25) is 11.8 Å². The zero-order valence-electron chi connectivity index (χ0n) is 15.3. The number of benzene rings is 2. The number of halogens is 5. The molecule has 156 valence electrons. The molecule has 2 rings (SSSR count). The van der Waals surface area contributed by atoms with E-state index in [4.69, 9.17) is 0 Å². The highest BCUT2D eigenvalue weighted by Crippen LogP contribution is 2.32. The van der Waals surface area contributed by atoms with Crippen molar-refractivity contribution >= 4 is 17.5 Å². The van der Waals surface area contributed by atoms with Crippen molar-refractivity contribution in [1.29, 1.82) is 0 Å². The fourth-order valence-electron chi connectivity index (χ4n) is 2.54. The molecule has 2 amide bonds. The molecule has 2 aromatic rings. The number of anilines is 1. The summed E-state index contributed by atoms with van der Waals surface area (Å²) in [6, 6.07) is 7.84. The van der Waals surface area contributed by atoms with Gasteiger partial charge in [-0.25, -0.2) is 8.78 Å². The molecule has 0 aliphatic rings. The number of carbonyl (C=O) groups is 2. The smallest absolute Gasteiger partial charge is 0.346 e. The predicted molar refractivity (Wildman–Crippen MR) is 95.8 cm³/mol. The Morgan fingerprint density at radius 1 is 1.00 bits per heavy atom. The van der Waals surface area contributed by atoms with Gasteiger partial charge in [0.1, 0.15) is 0 Å². The van der Waals surface area contributed by atoms with Gasteiger partial charge < -0.3 is 10.6 Å². The Hall–Kier alpha value is -3.01. The summed E-state index contributed by atoms with van der Waals surface area (Å²) in [5.74, 6) is -3.45. The highest BCUT2D eigenvalue weighted by Gasteiger charge is 2.33. The molecular formula is C19H18F5N3O2. The fraction of sp³-hybridized carbons (Fsp3) is 0.263. The monoisotopic (exact) mass is 415 g/mol. The second-order valence-corrected chi connectivity index (χ2v) is 6.28. The lowest BCUT2D eigenvalue weighted by Crippen LogP contribution is -2.39. The SMILES string of the molecule is CN(CC(=O)NCC(=O)Nc1ccc(F)c(F)c1)Cc1ccccc1C(F)(F)F. The van der Waals surface area contributed by atoms with Crippen LogP contribution in [0.25, 0.3) is 0 Å². The number of alkyl halides is 3. The van der Waals surface area contributed by atoms with Gasteiger partial charge in [-0.3, -0.25) is 14.5 Å². The summed E-state index contributed by atoms with van der Waals surface area (Å²) in [6.07, 6.45) is -4.50. The Morgan fingerprint density at radius 2 is 1.69 bits per heavy atom. The zero-order valence-corrected chi connectivity index (χ0v) is 15.3. The number of likely N-dealkylation sites (N-methyl/N-ethyl adjacent to an activating group) is 1. The molecule has 2 aromatic carbocycles. The Kier molecular flexibility index (Phi) is 7.27. The Bertz CT molecular complexity index is 886. The average Bonchev–Trinajstić information content (AvgIpc) is 2.62. The summed E-state index contributed by atoms with van der Waals surface area (Å²) in [4.78, 5) is 25.0. The molecule has 29 heavy (non-hydrogen) atoms. The van der Waals surface area contributed by atoms with E-state index in [0.29, 0.717) is 0 Å². The molecule has 0 saturated carbocycles. The molecule has 2 N–H and O–H groups in total. The third-order valence-corrected chi connectivity index (χ3v) is 3.83. The minimum Gasteiger partial charge on any atom is -0.346 e. The molecule has 0 aliphatic heterocycles. The summed E-state index contributed by atoms with van der Waals surface area (Å²) in [5.41, 5.74) is -0.742. The van der Waals surface area contributed by atoms with E-state index in [1.165, 1.54) is 30.1 Å². The molecule has 0 aromatic heterocycles. The van der Waals surface area contributed by atoms with Crippen molar-refractivity contribution in [2.24, 2.45) is 0 Å². The third kappa shape index (κ3) is 6.83. The van der Waals surface area contributed by atoms with Gasteiger partial charge >= 0.3 is 6.18 Å². The lowest BCUT2D eigenvalue weighted by atomic mass is 10.1. The molecule has 0 aliphatic carbocycles. The van der Waals surface area contributed by atoms with Crippen LogP contribution in [0.4, 0.5) is 27.6 Å². The van der Waals surface area contributed by atoms with Crippen molar-refractivity contribution in [2.45, 2.75) is 12.7 Å². The maximum Gasteiger partial charge on any atom is 0.416 e. The standard InChI is InChI=1S/C19H18F5N3O2/c1-27(10-12-4-2-3-5-14(12)19(22,23)24)11-18(29)25-9-17(28)26-13-6-7-15(20)16(21)8-13/h2-8H,9-11H2,1H3,(H,25,29)(H,26,28). The molecule has 0 heterocycles. The molecule has 0 fully saturated rings. The molecule has 0 saturated heterocycles. The first-order valence-electron chi connectivity index (χ1n) is 8.41. The predicted octanol–water partition coefficient (Wildman–Crippen LogP) is 3.17. The van der Waals surface area contributed by atoms with Crippen LogP contribution in [0, 0.1) is 11.6 Å². The number of amides is 2. The highest BCUT2D eigenvalue weighted by atomic mass is 19.4. The van der Waals surface area contributed by atoms with Crippen LogP contribution >= 0.6 is 0 Å². The van der Waals surface area contributed by atoms with Gasteiger partial charge in [-0.2, -0.15) is 13.2 Å². The largest absolute Gasteiger partial charge is 0.416 e. The summed E-state index contributed by atoms with van der Waals surface area (Å²) >= 11 is 0. The first-order chi connectivity index (χ1) is 13.6. The lowest BCUT2D eigenvalue weighted by molar-refractivity contribution is -0.138. The quantitative estimate of drug-likeness (QED) is 0.683. The van der Waals surface area contributed by atoms with Crippen molar-refractivity contribution in [3.8, 4) is 0 Å². The molecule has 0 atom stereocenters. The Morgan fingerprint density at radius 3 is 2.34 bits per heavy atom. The number of hydrogen-bond donors (Lipinski definition) is 2. The van der Waals surface area contributed by atoms with Crippen LogP contribution in [0.1, 0.15) is 11.1 Å². The first kappa shape index (κ1) is 22.3. The van der Waals surface area contributed by atoms with Crippen LogP contribution in [0.5, 0.6) is 0 Å². The minimum absolute atomic E-state index is 0.0176. The van der Waals surface area contributed by atoms with Crippen molar-refractivity contribution in [3.63, 3.8) is 0 Å². The summed E-state index contributed by atoms with van der Waals surface area (Å²) < 4.78 is 65.0. The molecule has 0 radical (unpaired) electrons. The van der Waals surface area contributed by atoms with E-state index >= 15 is 0 Å². The van der Waals surface area contributed by atoms with E-state index < -0.39 is 41.7 Å². The van der Waals surface area contributed by atoms with Crippen molar-refractivity contribution in [3.05, 3.63) is 65.2 Å². The van der Waals surface area contributed by atoms with Crippen molar-refractivity contribution < 1.29 is 31.5 Å². The molecule has 5 nitrogen and oxygen atoms in total. The second kappa shape index (κ2) is 9.46. The van der Waals surface area contributed by atoms with Gasteiger partial charge in [0.15, 0.2) is 11.6 Å². The van der Waals surface area contributed by atoms with E-state index in [9.17, 15) is 31.5 Å². The molecule has 0 unspecified atom stereocenters. The van der Waals surface area contributed by atoms with Crippen molar-refractivity contribution in [1.82, 2.24) is 10.2 Å².